The van der Waals surface area contributed by atoms with Crippen LogP contribution in [0.3, 0.4) is 0 Å². The zero-order valence-corrected chi connectivity index (χ0v) is 11.6. The average molecular weight is 268 g/mol. The van der Waals surface area contributed by atoms with Gasteiger partial charge in [0.05, 0.1) is 5.39 Å². The predicted octanol–water partition coefficient (Wildman–Crippen LogP) is 4.02. The van der Waals surface area contributed by atoms with Crippen LogP contribution >= 0.6 is 23.4 Å². The molecule has 0 aliphatic rings. The number of benzene rings is 1. The second-order valence-electron chi connectivity index (χ2n) is 4.88. The van der Waals surface area contributed by atoms with Gasteiger partial charge in [-0.3, -0.25) is 0 Å². The number of aromatic nitrogens is 1. The van der Waals surface area contributed by atoms with Gasteiger partial charge in [-0.25, -0.2) is 0 Å². The number of hydrogen-bond donors (Lipinski definition) is 0. The van der Waals surface area contributed by atoms with Gasteiger partial charge >= 0.3 is 0 Å². The molecule has 0 fully saturated rings. The smallest absolute Gasteiger partial charge is 0.226 e. The van der Waals surface area contributed by atoms with Gasteiger partial charge in [0.15, 0.2) is 6.20 Å². The van der Waals surface area contributed by atoms with E-state index in [0.29, 0.717) is 10.5 Å². The normalized spacial score (nSPS) is 12.0. The van der Waals surface area contributed by atoms with Crippen molar-refractivity contribution >= 4 is 34.3 Å². The minimum atomic E-state index is 0.113. The van der Waals surface area contributed by atoms with Gasteiger partial charge in [-0.15, -0.1) is 11.8 Å². The summed E-state index contributed by atoms with van der Waals surface area (Å²) in [5, 5.41) is 13.2. The summed E-state index contributed by atoms with van der Waals surface area (Å²) in [7, 11) is 0. The van der Waals surface area contributed by atoms with Crippen LogP contribution < -0.4 is 4.73 Å². The molecule has 0 spiro atoms. The summed E-state index contributed by atoms with van der Waals surface area (Å²) in [5.74, 6) is 0. The molecule has 2 aromatic rings. The van der Waals surface area contributed by atoms with Gasteiger partial charge in [-0.1, -0.05) is 32.4 Å². The lowest BCUT2D eigenvalue weighted by atomic mass is 10.2. The van der Waals surface area contributed by atoms with Gasteiger partial charge in [0.25, 0.3) is 0 Å². The molecule has 0 aliphatic carbocycles. The summed E-state index contributed by atoms with van der Waals surface area (Å²) in [5.41, 5.74) is 0.617. The average Bonchev–Trinajstić information content (AvgIpc) is 2.21. The topological polar surface area (TPSA) is 26.9 Å². The van der Waals surface area contributed by atoms with Crippen LogP contribution in [-0.2, 0) is 0 Å². The minimum Gasteiger partial charge on any atom is -0.618 e. The number of fused-ring (bicyclic) bond motifs is 1. The Bertz CT molecular complexity index is 563. The third-order valence-corrected chi connectivity index (χ3v) is 3.66. The zero-order chi connectivity index (χ0) is 12.6. The monoisotopic (exact) mass is 267 g/mol. The fourth-order valence-corrected chi connectivity index (χ4v) is 2.86. The molecule has 0 bridgehead atoms. The second-order valence-corrected chi connectivity index (χ2v) is 7.19. The maximum atomic E-state index is 11.7. The van der Waals surface area contributed by atoms with E-state index in [1.807, 2.05) is 18.2 Å². The van der Waals surface area contributed by atoms with E-state index in [4.69, 9.17) is 11.6 Å². The lowest BCUT2D eigenvalue weighted by molar-refractivity contribution is -0.577. The molecule has 17 heavy (non-hydrogen) atoms. The van der Waals surface area contributed by atoms with Crippen molar-refractivity contribution < 1.29 is 4.73 Å². The van der Waals surface area contributed by atoms with Gasteiger partial charge < -0.3 is 5.21 Å². The van der Waals surface area contributed by atoms with Crippen molar-refractivity contribution in [3.8, 4) is 0 Å². The highest BCUT2D eigenvalue weighted by Gasteiger charge is 2.17. The summed E-state index contributed by atoms with van der Waals surface area (Å²) in [6.07, 6.45) is 1.53. The molecule has 0 saturated carbocycles. The van der Waals surface area contributed by atoms with Crippen molar-refractivity contribution in [2.24, 2.45) is 0 Å². The van der Waals surface area contributed by atoms with Crippen LogP contribution in [-0.4, -0.2) is 4.75 Å². The maximum absolute atomic E-state index is 11.7. The molecule has 0 atom stereocenters. The standard InChI is InChI=1S/C13H14ClNOS/c1-13(2,3)17-12-6-7-15(16)11-8-9(14)4-5-10(11)12/h4-8H,1-3H3. The predicted molar refractivity (Wildman–Crippen MR) is 73.5 cm³/mol. The third kappa shape index (κ3) is 2.85. The lowest BCUT2D eigenvalue weighted by Crippen LogP contribution is -2.26. The summed E-state index contributed by atoms with van der Waals surface area (Å²) in [6, 6.07) is 7.28. The Morgan fingerprint density at radius 3 is 2.59 bits per heavy atom. The van der Waals surface area contributed by atoms with Gasteiger partial charge in [0.1, 0.15) is 0 Å². The van der Waals surface area contributed by atoms with Gasteiger partial charge in [0, 0.05) is 26.8 Å². The fourth-order valence-electron chi connectivity index (χ4n) is 1.62. The van der Waals surface area contributed by atoms with Crippen LogP contribution in [0.15, 0.2) is 35.4 Å². The van der Waals surface area contributed by atoms with Crippen LogP contribution in [0.5, 0.6) is 0 Å². The zero-order valence-electron chi connectivity index (χ0n) is 10.0. The highest BCUT2D eigenvalue weighted by molar-refractivity contribution is 8.00. The Morgan fingerprint density at radius 1 is 1.24 bits per heavy atom. The van der Waals surface area contributed by atoms with Crippen LogP contribution in [0, 0.1) is 5.21 Å². The molecule has 0 unspecified atom stereocenters. The molecule has 2 nitrogen and oxygen atoms in total. The molecule has 0 N–H and O–H groups in total. The molecular formula is C13H14ClNOS. The summed E-state index contributed by atoms with van der Waals surface area (Å²) >= 11 is 7.67. The van der Waals surface area contributed by atoms with Crippen molar-refractivity contribution in [3.63, 3.8) is 0 Å². The number of hydrogen-bond acceptors (Lipinski definition) is 2. The molecule has 0 radical (unpaired) electrons. The van der Waals surface area contributed by atoms with Gasteiger partial charge in [-0.2, -0.15) is 4.73 Å². The minimum absolute atomic E-state index is 0.113. The van der Waals surface area contributed by atoms with Crippen molar-refractivity contribution in [2.45, 2.75) is 30.4 Å². The molecule has 0 saturated heterocycles. The molecule has 90 valence electrons. The molecule has 1 aromatic heterocycles. The summed E-state index contributed by atoms with van der Waals surface area (Å²) < 4.78 is 0.968. The van der Waals surface area contributed by atoms with E-state index in [9.17, 15) is 5.21 Å². The van der Waals surface area contributed by atoms with Crippen molar-refractivity contribution in [2.75, 3.05) is 0 Å². The Kier molecular flexibility index (Phi) is 3.23. The SMILES string of the molecule is CC(C)(C)Sc1cc[n+]([O-])c2cc(Cl)ccc12. The van der Waals surface area contributed by atoms with Crippen LogP contribution in [0.4, 0.5) is 0 Å². The molecule has 1 aromatic carbocycles. The molecular weight excluding hydrogens is 254 g/mol. The van der Waals surface area contributed by atoms with E-state index in [2.05, 4.69) is 20.8 Å². The Labute approximate surface area is 110 Å². The first-order valence-electron chi connectivity index (χ1n) is 5.37. The summed E-state index contributed by atoms with van der Waals surface area (Å²) in [4.78, 5) is 1.11. The third-order valence-electron chi connectivity index (χ3n) is 2.24. The van der Waals surface area contributed by atoms with E-state index >= 15 is 0 Å². The molecule has 0 amide bonds. The Hall–Kier alpha value is -0.930. The summed E-state index contributed by atoms with van der Waals surface area (Å²) in [6.45, 7) is 6.45. The van der Waals surface area contributed by atoms with Crippen molar-refractivity contribution in [3.05, 3.63) is 40.7 Å². The van der Waals surface area contributed by atoms with Crippen molar-refractivity contribution in [1.29, 1.82) is 0 Å². The number of thioether (sulfide) groups is 1. The number of rotatable bonds is 1. The van der Waals surface area contributed by atoms with E-state index in [1.54, 1.807) is 17.8 Å². The van der Waals surface area contributed by atoms with Crippen molar-refractivity contribution in [1.82, 2.24) is 0 Å². The largest absolute Gasteiger partial charge is 0.618 e. The van der Waals surface area contributed by atoms with Gasteiger partial charge in [-0.05, 0) is 12.1 Å². The quantitative estimate of drug-likeness (QED) is 0.443. The van der Waals surface area contributed by atoms with E-state index < -0.39 is 0 Å². The number of halogens is 1. The fraction of sp³-hybridized carbons (Fsp3) is 0.308. The van der Waals surface area contributed by atoms with E-state index in [0.717, 1.165) is 15.0 Å². The highest BCUT2D eigenvalue weighted by Crippen LogP contribution is 2.35. The maximum Gasteiger partial charge on any atom is 0.226 e. The van der Waals surface area contributed by atoms with Gasteiger partial charge in [0.2, 0.25) is 5.52 Å². The molecule has 4 heteroatoms. The van der Waals surface area contributed by atoms with Crippen LogP contribution in [0.2, 0.25) is 5.02 Å². The first-order chi connectivity index (χ1) is 7.87. The highest BCUT2D eigenvalue weighted by atomic mass is 35.5. The van der Waals surface area contributed by atoms with E-state index in [1.165, 1.54) is 6.20 Å². The lowest BCUT2D eigenvalue weighted by Gasteiger charge is -2.18. The first-order valence-corrected chi connectivity index (χ1v) is 6.57. The first kappa shape index (κ1) is 12.5. The second kappa shape index (κ2) is 4.39. The molecule has 1 heterocycles. The van der Waals surface area contributed by atoms with E-state index in [-0.39, 0.29) is 4.75 Å². The molecule has 2 rings (SSSR count). The van der Waals surface area contributed by atoms with Crippen LogP contribution in [0.1, 0.15) is 20.8 Å². The molecule has 0 aliphatic heterocycles. The Balaban J connectivity index is 2.62. The number of pyridine rings is 1. The Morgan fingerprint density at radius 2 is 1.94 bits per heavy atom. The number of nitrogens with zero attached hydrogens (tertiary/aromatic N) is 1. The van der Waals surface area contributed by atoms with Crippen LogP contribution in [0.25, 0.3) is 10.9 Å².